The SMILES string of the molecule is CC(Sc1nc2ccccc2c(=O)n1C)C(=O)Nc1nc(-c2cccc([N+](=O)[O-])c2)cs1. The quantitative estimate of drug-likeness (QED) is 0.196. The van der Waals surface area contributed by atoms with E-state index < -0.39 is 10.2 Å². The molecule has 0 bridgehead atoms. The molecule has 2 aromatic heterocycles. The first kappa shape index (κ1) is 21.7. The van der Waals surface area contributed by atoms with Crippen LogP contribution in [0.4, 0.5) is 10.8 Å². The van der Waals surface area contributed by atoms with Crippen LogP contribution in [0.1, 0.15) is 6.92 Å². The van der Waals surface area contributed by atoms with Gasteiger partial charge >= 0.3 is 0 Å². The van der Waals surface area contributed by atoms with E-state index >= 15 is 0 Å². The predicted octanol–water partition coefficient (Wildman–Crippen LogP) is 4.08. The van der Waals surface area contributed by atoms with Crippen LogP contribution in [0.3, 0.4) is 0 Å². The van der Waals surface area contributed by atoms with E-state index in [1.807, 2.05) is 0 Å². The van der Waals surface area contributed by atoms with Crippen molar-refractivity contribution in [2.24, 2.45) is 7.05 Å². The van der Waals surface area contributed by atoms with Crippen LogP contribution in [-0.4, -0.2) is 30.6 Å². The minimum absolute atomic E-state index is 0.0281. The summed E-state index contributed by atoms with van der Waals surface area (Å²) in [6.45, 7) is 1.72. The van der Waals surface area contributed by atoms with Crippen LogP contribution in [0.2, 0.25) is 0 Å². The molecule has 32 heavy (non-hydrogen) atoms. The zero-order valence-electron chi connectivity index (χ0n) is 17.0. The summed E-state index contributed by atoms with van der Waals surface area (Å²) >= 11 is 2.40. The first-order valence-corrected chi connectivity index (χ1v) is 11.2. The van der Waals surface area contributed by atoms with Crippen molar-refractivity contribution in [1.82, 2.24) is 14.5 Å². The number of nitro groups is 1. The lowest BCUT2D eigenvalue weighted by atomic mass is 10.1. The molecule has 1 amide bonds. The molecule has 0 aliphatic heterocycles. The van der Waals surface area contributed by atoms with E-state index in [0.717, 1.165) is 0 Å². The maximum absolute atomic E-state index is 12.7. The summed E-state index contributed by atoms with van der Waals surface area (Å²) in [7, 11) is 1.63. The Balaban J connectivity index is 1.49. The summed E-state index contributed by atoms with van der Waals surface area (Å²) in [6, 6.07) is 13.2. The van der Waals surface area contributed by atoms with Gasteiger partial charge in [0.2, 0.25) is 5.91 Å². The highest BCUT2D eigenvalue weighted by Crippen LogP contribution is 2.28. The Morgan fingerprint density at radius 1 is 1.22 bits per heavy atom. The number of aromatic nitrogens is 3. The molecule has 1 unspecified atom stereocenters. The van der Waals surface area contributed by atoms with Crippen LogP contribution >= 0.6 is 23.1 Å². The lowest BCUT2D eigenvalue weighted by Gasteiger charge is -2.13. The number of carbonyl (C=O) groups is 1. The molecule has 0 saturated heterocycles. The summed E-state index contributed by atoms with van der Waals surface area (Å²) in [5.41, 5.74) is 1.50. The molecular weight excluding hydrogens is 450 g/mol. The fourth-order valence-corrected chi connectivity index (χ4v) is 4.56. The third-order valence-electron chi connectivity index (χ3n) is 4.68. The number of benzene rings is 2. The van der Waals surface area contributed by atoms with Crippen LogP contribution in [0.25, 0.3) is 22.2 Å². The van der Waals surface area contributed by atoms with E-state index in [2.05, 4.69) is 15.3 Å². The molecule has 0 radical (unpaired) electrons. The second-order valence-corrected chi connectivity index (χ2v) is 9.04. The van der Waals surface area contributed by atoms with Crippen LogP contribution in [0, 0.1) is 10.1 Å². The van der Waals surface area contributed by atoms with Gasteiger partial charge in [0.15, 0.2) is 10.3 Å². The molecule has 1 atom stereocenters. The van der Waals surface area contributed by atoms with Crippen molar-refractivity contribution in [2.45, 2.75) is 17.3 Å². The maximum Gasteiger partial charge on any atom is 0.270 e. The Labute approximate surface area is 190 Å². The Morgan fingerprint density at radius 2 is 2.00 bits per heavy atom. The van der Waals surface area contributed by atoms with E-state index in [4.69, 9.17) is 0 Å². The molecule has 11 heteroatoms. The fourth-order valence-electron chi connectivity index (χ4n) is 2.96. The molecule has 0 aliphatic carbocycles. The fraction of sp³-hybridized carbons (Fsp3) is 0.143. The molecule has 0 aliphatic rings. The molecule has 0 saturated carbocycles. The average molecular weight is 468 g/mol. The number of amides is 1. The Hall–Kier alpha value is -3.57. The van der Waals surface area contributed by atoms with E-state index in [-0.39, 0.29) is 17.2 Å². The average Bonchev–Trinajstić information content (AvgIpc) is 3.25. The van der Waals surface area contributed by atoms with Crippen molar-refractivity contribution >= 4 is 50.7 Å². The Kier molecular flexibility index (Phi) is 6.01. The van der Waals surface area contributed by atoms with Gasteiger partial charge in [-0.3, -0.25) is 24.3 Å². The summed E-state index contributed by atoms with van der Waals surface area (Å²) in [5, 5.41) is 16.3. The summed E-state index contributed by atoms with van der Waals surface area (Å²) in [4.78, 5) is 44.6. The van der Waals surface area contributed by atoms with Crippen LogP contribution in [-0.2, 0) is 11.8 Å². The first-order valence-electron chi connectivity index (χ1n) is 9.47. The number of non-ortho nitro benzene ring substituents is 1. The number of fused-ring (bicyclic) bond motifs is 1. The first-order chi connectivity index (χ1) is 15.3. The lowest BCUT2D eigenvalue weighted by molar-refractivity contribution is -0.384. The molecule has 2 aromatic carbocycles. The van der Waals surface area contributed by atoms with Gasteiger partial charge < -0.3 is 5.32 Å². The number of nitrogens with one attached hydrogen (secondary N) is 1. The standard InChI is InChI=1S/C21H17N5O4S2/c1-12(32-21-23-16-9-4-3-8-15(16)19(28)25(21)2)18(27)24-20-22-17(11-31-20)13-6-5-7-14(10-13)26(29)30/h3-12H,1-2H3,(H,22,24,27). The summed E-state index contributed by atoms with van der Waals surface area (Å²) in [5.74, 6) is -0.294. The van der Waals surface area contributed by atoms with E-state index in [1.165, 1.54) is 39.8 Å². The van der Waals surface area contributed by atoms with Crippen LogP contribution < -0.4 is 10.9 Å². The molecule has 2 heterocycles. The number of rotatable bonds is 6. The highest BCUT2D eigenvalue weighted by Gasteiger charge is 2.20. The number of carbonyl (C=O) groups excluding carboxylic acids is 1. The van der Waals surface area contributed by atoms with Gasteiger partial charge in [-0.1, -0.05) is 36.0 Å². The Bertz CT molecular complexity index is 1400. The van der Waals surface area contributed by atoms with Gasteiger partial charge in [-0.15, -0.1) is 11.3 Å². The largest absolute Gasteiger partial charge is 0.301 e. The van der Waals surface area contributed by atoms with Crippen molar-refractivity contribution in [2.75, 3.05) is 5.32 Å². The van der Waals surface area contributed by atoms with Crippen molar-refractivity contribution in [3.63, 3.8) is 0 Å². The van der Waals surface area contributed by atoms with E-state index in [9.17, 15) is 19.7 Å². The third-order valence-corrected chi connectivity index (χ3v) is 6.58. The molecule has 0 spiro atoms. The van der Waals surface area contributed by atoms with Gasteiger partial charge in [0.05, 0.1) is 26.8 Å². The molecule has 9 nitrogen and oxygen atoms in total. The second-order valence-electron chi connectivity index (χ2n) is 6.87. The smallest absolute Gasteiger partial charge is 0.270 e. The van der Waals surface area contributed by atoms with Gasteiger partial charge in [0.1, 0.15) is 0 Å². The zero-order valence-corrected chi connectivity index (χ0v) is 18.6. The normalized spacial score (nSPS) is 11.9. The maximum atomic E-state index is 12.7. The zero-order chi connectivity index (χ0) is 22.8. The van der Waals surface area contributed by atoms with Crippen molar-refractivity contribution in [3.8, 4) is 11.3 Å². The Morgan fingerprint density at radius 3 is 2.78 bits per heavy atom. The van der Waals surface area contributed by atoms with Gasteiger partial charge in [-0.05, 0) is 19.1 Å². The lowest BCUT2D eigenvalue weighted by Crippen LogP contribution is -2.25. The minimum atomic E-state index is -0.542. The van der Waals surface area contributed by atoms with Crippen molar-refractivity contribution in [1.29, 1.82) is 0 Å². The molecular formula is C21H17N5O4S2. The number of anilines is 1. The monoisotopic (exact) mass is 467 g/mol. The molecule has 4 rings (SSSR count). The number of para-hydroxylation sites is 1. The highest BCUT2D eigenvalue weighted by molar-refractivity contribution is 8.00. The number of hydrogen-bond acceptors (Lipinski definition) is 8. The molecule has 0 fully saturated rings. The number of nitrogens with zero attached hydrogens (tertiary/aromatic N) is 4. The minimum Gasteiger partial charge on any atom is -0.301 e. The van der Waals surface area contributed by atoms with Gasteiger partial charge in [0, 0.05) is 30.1 Å². The van der Waals surface area contributed by atoms with Crippen molar-refractivity contribution < 1.29 is 9.72 Å². The summed E-state index contributed by atoms with van der Waals surface area (Å²) in [6.07, 6.45) is 0. The topological polar surface area (TPSA) is 120 Å². The highest BCUT2D eigenvalue weighted by atomic mass is 32.2. The molecule has 162 valence electrons. The van der Waals surface area contributed by atoms with Gasteiger partial charge in [0.25, 0.3) is 11.2 Å². The van der Waals surface area contributed by atoms with Crippen LogP contribution in [0.15, 0.2) is 63.9 Å². The molecule has 1 N–H and O–H groups in total. The number of thiazole rings is 1. The predicted molar refractivity (Wildman–Crippen MR) is 125 cm³/mol. The second kappa shape index (κ2) is 8.89. The number of hydrogen-bond donors (Lipinski definition) is 1. The van der Waals surface area contributed by atoms with E-state index in [1.54, 1.807) is 55.7 Å². The number of thioether (sulfide) groups is 1. The van der Waals surface area contributed by atoms with Gasteiger partial charge in [-0.25, -0.2) is 9.97 Å². The third kappa shape index (κ3) is 4.39. The van der Waals surface area contributed by atoms with Crippen LogP contribution in [0.5, 0.6) is 0 Å². The molecule has 4 aromatic rings. The van der Waals surface area contributed by atoms with Gasteiger partial charge in [-0.2, -0.15) is 0 Å². The van der Waals surface area contributed by atoms with Crippen molar-refractivity contribution in [3.05, 3.63) is 74.4 Å². The number of nitro benzene ring substituents is 1. The van der Waals surface area contributed by atoms with E-state index in [0.29, 0.717) is 32.4 Å². The summed E-state index contributed by atoms with van der Waals surface area (Å²) < 4.78 is 1.43.